The zero-order valence-corrected chi connectivity index (χ0v) is 13.3. The van der Waals surface area contributed by atoms with Gasteiger partial charge < -0.3 is 10.1 Å². The van der Waals surface area contributed by atoms with Crippen LogP contribution in [0.4, 0.5) is 5.82 Å². The van der Waals surface area contributed by atoms with Gasteiger partial charge >= 0.3 is 0 Å². The van der Waals surface area contributed by atoms with Gasteiger partial charge in [0, 0.05) is 24.1 Å². The van der Waals surface area contributed by atoms with Gasteiger partial charge in [-0.25, -0.2) is 4.98 Å². The average molecular weight is 324 g/mol. The first kappa shape index (κ1) is 14.4. The molecular formula is C15H15Cl2N3O. The molecule has 1 N–H and O–H groups in total. The minimum atomic E-state index is 0.440. The third-order valence-electron chi connectivity index (χ3n) is 3.40. The first-order chi connectivity index (χ1) is 10.1. The van der Waals surface area contributed by atoms with Crippen LogP contribution in [-0.4, -0.2) is 17.0 Å². The number of rotatable bonds is 4. The van der Waals surface area contributed by atoms with E-state index < -0.39 is 0 Å². The third kappa shape index (κ3) is 3.06. The van der Waals surface area contributed by atoms with Crippen molar-refractivity contribution < 1.29 is 4.74 Å². The Bertz CT molecular complexity index is 687. The molecule has 1 aromatic heterocycles. The van der Waals surface area contributed by atoms with E-state index in [-0.39, 0.29) is 0 Å². The van der Waals surface area contributed by atoms with Crippen molar-refractivity contribution in [2.75, 3.05) is 12.4 Å². The molecule has 1 aliphatic carbocycles. The van der Waals surface area contributed by atoms with Crippen molar-refractivity contribution in [3.63, 3.8) is 0 Å². The number of aromatic nitrogens is 2. The SMILES string of the molecule is CNc1nc(C2CC2)nc(Oc2cc(Cl)ccc2Cl)c1C. The highest BCUT2D eigenvalue weighted by atomic mass is 35.5. The fourth-order valence-corrected chi connectivity index (χ4v) is 2.36. The van der Waals surface area contributed by atoms with Crippen LogP contribution in [0, 0.1) is 6.92 Å². The predicted molar refractivity (Wildman–Crippen MR) is 84.8 cm³/mol. The molecule has 4 nitrogen and oxygen atoms in total. The molecule has 21 heavy (non-hydrogen) atoms. The maximum absolute atomic E-state index is 6.14. The van der Waals surface area contributed by atoms with Crippen LogP contribution in [0.5, 0.6) is 11.6 Å². The second kappa shape index (κ2) is 5.70. The number of hydrogen-bond acceptors (Lipinski definition) is 4. The van der Waals surface area contributed by atoms with Crippen LogP contribution in [0.2, 0.25) is 10.0 Å². The van der Waals surface area contributed by atoms with Crippen molar-refractivity contribution in [3.8, 4) is 11.6 Å². The molecule has 0 saturated heterocycles. The van der Waals surface area contributed by atoms with E-state index in [0.717, 1.165) is 30.0 Å². The van der Waals surface area contributed by atoms with Gasteiger partial charge in [-0.3, -0.25) is 0 Å². The van der Waals surface area contributed by atoms with Gasteiger partial charge in [-0.1, -0.05) is 23.2 Å². The Balaban J connectivity index is 2.00. The van der Waals surface area contributed by atoms with Crippen LogP contribution < -0.4 is 10.1 Å². The Morgan fingerprint density at radius 1 is 1.24 bits per heavy atom. The molecule has 3 rings (SSSR count). The minimum Gasteiger partial charge on any atom is -0.437 e. The summed E-state index contributed by atoms with van der Waals surface area (Å²) in [4.78, 5) is 9.07. The number of nitrogens with one attached hydrogen (secondary N) is 1. The van der Waals surface area contributed by atoms with E-state index in [0.29, 0.717) is 27.6 Å². The van der Waals surface area contributed by atoms with E-state index in [1.165, 1.54) is 0 Å². The highest BCUT2D eigenvalue weighted by molar-refractivity contribution is 6.34. The molecule has 0 atom stereocenters. The zero-order chi connectivity index (χ0) is 15.0. The van der Waals surface area contributed by atoms with Gasteiger partial charge in [0.2, 0.25) is 5.88 Å². The summed E-state index contributed by atoms with van der Waals surface area (Å²) in [5.74, 6) is 3.04. The lowest BCUT2D eigenvalue weighted by Gasteiger charge is -2.13. The monoisotopic (exact) mass is 323 g/mol. The van der Waals surface area contributed by atoms with E-state index >= 15 is 0 Å². The molecule has 0 spiro atoms. The van der Waals surface area contributed by atoms with Crippen molar-refractivity contribution in [2.24, 2.45) is 0 Å². The van der Waals surface area contributed by atoms with Gasteiger partial charge in [-0.2, -0.15) is 4.98 Å². The highest BCUT2D eigenvalue weighted by Gasteiger charge is 2.28. The van der Waals surface area contributed by atoms with E-state index in [4.69, 9.17) is 27.9 Å². The van der Waals surface area contributed by atoms with Gasteiger partial charge in [-0.05, 0) is 31.9 Å². The normalized spacial score (nSPS) is 14.1. The van der Waals surface area contributed by atoms with Crippen LogP contribution in [-0.2, 0) is 0 Å². The lowest BCUT2D eigenvalue weighted by Crippen LogP contribution is -2.04. The lowest BCUT2D eigenvalue weighted by atomic mass is 10.3. The standard InChI is InChI=1S/C15H15Cl2N3O/c1-8-13(18-2)19-14(9-3-4-9)20-15(8)21-12-7-10(16)5-6-11(12)17/h5-7,9H,3-4H2,1-2H3,(H,18,19,20). The average Bonchev–Trinajstić information content (AvgIpc) is 3.29. The van der Waals surface area contributed by atoms with Crippen LogP contribution in [0.25, 0.3) is 0 Å². The summed E-state index contributed by atoms with van der Waals surface area (Å²) < 4.78 is 5.87. The molecule has 0 radical (unpaired) electrons. The van der Waals surface area contributed by atoms with E-state index in [9.17, 15) is 0 Å². The molecular weight excluding hydrogens is 309 g/mol. The summed E-state index contributed by atoms with van der Waals surface area (Å²) in [6.07, 6.45) is 2.26. The number of halogens is 2. The van der Waals surface area contributed by atoms with Crippen molar-refractivity contribution in [2.45, 2.75) is 25.7 Å². The van der Waals surface area contributed by atoms with Crippen molar-refractivity contribution in [1.82, 2.24) is 9.97 Å². The van der Waals surface area contributed by atoms with Crippen LogP contribution in [0.3, 0.4) is 0 Å². The molecule has 0 bridgehead atoms. The Labute approximate surface area is 133 Å². The van der Waals surface area contributed by atoms with E-state index in [2.05, 4.69) is 15.3 Å². The molecule has 1 aromatic carbocycles. The molecule has 110 valence electrons. The molecule has 1 aliphatic rings. The fraction of sp³-hybridized carbons (Fsp3) is 0.333. The molecule has 1 heterocycles. The summed E-state index contributed by atoms with van der Waals surface area (Å²) in [6, 6.07) is 5.11. The Kier molecular flexibility index (Phi) is 3.91. The van der Waals surface area contributed by atoms with Crippen LogP contribution in [0.15, 0.2) is 18.2 Å². The number of benzene rings is 1. The van der Waals surface area contributed by atoms with Crippen molar-refractivity contribution in [3.05, 3.63) is 39.6 Å². The quantitative estimate of drug-likeness (QED) is 0.877. The first-order valence-electron chi connectivity index (χ1n) is 6.77. The summed E-state index contributed by atoms with van der Waals surface area (Å²) in [5.41, 5.74) is 0.845. The minimum absolute atomic E-state index is 0.440. The summed E-state index contributed by atoms with van der Waals surface area (Å²) in [6.45, 7) is 1.91. The number of nitrogens with zero attached hydrogens (tertiary/aromatic N) is 2. The maximum atomic E-state index is 6.14. The van der Waals surface area contributed by atoms with E-state index in [1.807, 2.05) is 14.0 Å². The Morgan fingerprint density at radius 3 is 2.67 bits per heavy atom. The number of hydrogen-bond donors (Lipinski definition) is 1. The molecule has 2 aromatic rings. The second-order valence-corrected chi connectivity index (χ2v) is 5.91. The molecule has 1 fully saturated rings. The van der Waals surface area contributed by atoms with Crippen molar-refractivity contribution in [1.29, 1.82) is 0 Å². The first-order valence-corrected chi connectivity index (χ1v) is 7.53. The van der Waals surface area contributed by atoms with E-state index in [1.54, 1.807) is 18.2 Å². The van der Waals surface area contributed by atoms with Crippen molar-refractivity contribution >= 4 is 29.0 Å². The van der Waals surface area contributed by atoms with Gasteiger partial charge in [0.15, 0.2) is 0 Å². The fourth-order valence-electron chi connectivity index (χ4n) is 2.04. The molecule has 0 unspecified atom stereocenters. The molecule has 0 amide bonds. The van der Waals surface area contributed by atoms with Gasteiger partial charge in [0.25, 0.3) is 0 Å². The topological polar surface area (TPSA) is 47.0 Å². The Hall–Kier alpha value is -1.52. The maximum Gasteiger partial charge on any atom is 0.227 e. The smallest absolute Gasteiger partial charge is 0.227 e. The largest absolute Gasteiger partial charge is 0.437 e. The molecule has 0 aliphatic heterocycles. The summed E-state index contributed by atoms with van der Waals surface area (Å²) in [7, 11) is 1.84. The van der Waals surface area contributed by atoms with Gasteiger partial charge in [0.05, 0.1) is 10.6 Å². The Morgan fingerprint density at radius 2 is 2.00 bits per heavy atom. The zero-order valence-electron chi connectivity index (χ0n) is 11.8. The predicted octanol–water partition coefficient (Wildman–Crippen LogP) is 4.80. The van der Waals surface area contributed by atoms with Gasteiger partial charge in [0.1, 0.15) is 17.4 Å². The number of anilines is 1. The highest BCUT2D eigenvalue weighted by Crippen LogP contribution is 2.41. The second-order valence-electron chi connectivity index (χ2n) is 5.06. The summed E-state index contributed by atoms with van der Waals surface area (Å²) in [5, 5.41) is 4.14. The lowest BCUT2D eigenvalue weighted by molar-refractivity contribution is 0.455. The third-order valence-corrected chi connectivity index (χ3v) is 3.94. The molecule has 1 saturated carbocycles. The molecule has 6 heteroatoms. The van der Waals surface area contributed by atoms with Crippen LogP contribution in [0.1, 0.15) is 30.1 Å². The number of ether oxygens (including phenoxy) is 1. The summed E-state index contributed by atoms with van der Waals surface area (Å²) >= 11 is 12.1. The van der Waals surface area contributed by atoms with Gasteiger partial charge in [-0.15, -0.1) is 0 Å². The van der Waals surface area contributed by atoms with Crippen LogP contribution >= 0.6 is 23.2 Å².